The number of benzene rings is 2. The summed E-state index contributed by atoms with van der Waals surface area (Å²) in [6, 6.07) is 15.7. The number of anilines is 1. The second-order valence-electron chi connectivity index (χ2n) is 8.36. The van der Waals surface area contributed by atoms with Crippen molar-refractivity contribution in [3.05, 3.63) is 59.1 Å². The predicted molar refractivity (Wildman–Crippen MR) is 123 cm³/mol. The molecule has 160 valence electrons. The lowest BCUT2D eigenvalue weighted by Crippen LogP contribution is -2.49. The Hall–Kier alpha value is -2.77. The third kappa shape index (κ3) is 4.34. The number of aromatic nitrogens is 1. The van der Waals surface area contributed by atoms with Crippen LogP contribution in [0.4, 0.5) is 5.69 Å². The zero-order valence-electron chi connectivity index (χ0n) is 17.6. The largest absolute Gasteiger partial charge is 0.336 e. The highest BCUT2D eigenvalue weighted by molar-refractivity contribution is 7.18. The molecule has 6 nitrogen and oxygen atoms in total. The summed E-state index contributed by atoms with van der Waals surface area (Å²) in [5.41, 5.74) is 2.47. The number of hydrogen-bond acceptors (Lipinski definition) is 5. The molecule has 31 heavy (non-hydrogen) atoms. The van der Waals surface area contributed by atoms with Gasteiger partial charge in [0.05, 0.1) is 16.3 Å². The molecule has 1 saturated heterocycles. The van der Waals surface area contributed by atoms with E-state index in [1.807, 2.05) is 29.2 Å². The van der Waals surface area contributed by atoms with Gasteiger partial charge in [-0.15, -0.1) is 11.3 Å². The quantitative estimate of drug-likeness (QED) is 0.655. The Balaban J connectivity index is 1.17. The average molecular weight is 435 g/mol. The number of amides is 2. The summed E-state index contributed by atoms with van der Waals surface area (Å²) >= 11 is 1.75. The first-order valence-corrected chi connectivity index (χ1v) is 11.7. The fourth-order valence-electron chi connectivity index (χ4n) is 4.01. The van der Waals surface area contributed by atoms with Gasteiger partial charge >= 0.3 is 0 Å². The van der Waals surface area contributed by atoms with Crippen LogP contribution in [0, 0.1) is 5.92 Å². The lowest BCUT2D eigenvalue weighted by atomic mass is 10.1. The van der Waals surface area contributed by atoms with E-state index in [0.717, 1.165) is 42.1 Å². The van der Waals surface area contributed by atoms with Crippen LogP contribution in [0.25, 0.3) is 10.2 Å². The summed E-state index contributed by atoms with van der Waals surface area (Å²) in [4.78, 5) is 33.9. The maximum atomic E-state index is 12.9. The molecule has 2 heterocycles. The molecule has 1 aliphatic heterocycles. The number of para-hydroxylation sites is 1. The summed E-state index contributed by atoms with van der Waals surface area (Å²) in [6.07, 6.45) is 1.96. The second kappa shape index (κ2) is 8.40. The van der Waals surface area contributed by atoms with Crippen molar-refractivity contribution in [3.8, 4) is 0 Å². The van der Waals surface area contributed by atoms with Crippen LogP contribution in [0.3, 0.4) is 0 Å². The maximum absolute atomic E-state index is 12.9. The Morgan fingerprint density at radius 3 is 2.42 bits per heavy atom. The molecule has 2 aliphatic rings. The fraction of sp³-hybridized carbons (Fsp3) is 0.375. The molecular weight excluding hydrogens is 408 g/mol. The minimum Gasteiger partial charge on any atom is -0.336 e. The van der Waals surface area contributed by atoms with E-state index in [1.165, 1.54) is 4.70 Å². The Kier molecular flexibility index (Phi) is 5.46. The smallest absolute Gasteiger partial charge is 0.253 e. The van der Waals surface area contributed by atoms with E-state index < -0.39 is 0 Å². The maximum Gasteiger partial charge on any atom is 0.253 e. The molecular formula is C24H26N4O2S. The van der Waals surface area contributed by atoms with Crippen LogP contribution in [0.2, 0.25) is 0 Å². The minimum atomic E-state index is 0.0485. The molecule has 5 rings (SSSR count). The zero-order valence-corrected chi connectivity index (χ0v) is 18.4. The predicted octanol–water partition coefficient (Wildman–Crippen LogP) is 4.16. The van der Waals surface area contributed by atoms with E-state index in [2.05, 4.69) is 29.3 Å². The highest BCUT2D eigenvalue weighted by Crippen LogP contribution is 2.31. The number of nitrogens with one attached hydrogen (secondary N) is 1. The van der Waals surface area contributed by atoms with Gasteiger partial charge in [0.15, 0.2) is 0 Å². The van der Waals surface area contributed by atoms with Crippen molar-refractivity contribution in [2.45, 2.75) is 25.8 Å². The normalized spacial score (nSPS) is 18.2. The first-order valence-electron chi connectivity index (χ1n) is 10.9. The minimum absolute atomic E-state index is 0.0485. The SMILES string of the molecule is CC(c1nc2ccccc2s1)N1CCN(C(=O)c2ccc(NC(=O)C3CC3)cc2)CC1. The molecule has 0 spiro atoms. The lowest BCUT2D eigenvalue weighted by molar-refractivity contribution is -0.117. The van der Waals surface area contributed by atoms with Gasteiger partial charge in [-0.3, -0.25) is 14.5 Å². The molecule has 1 atom stereocenters. The van der Waals surface area contributed by atoms with Crippen molar-refractivity contribution in [1.82, 2.24) is 14.8 Å². The van der Waals surface area contributed by atoms with Crippen LogP contribution >= 0.6 is 11.3 Å². The molecule has 2 amide bonds. The summed E-state index contributed by atoms with van der Waals surface area (Å²) < 4.78 is 1.22. The van der Waals surface area contributed by atoms with Gasteiger partial charge in [-0.1, -0.05) is 12.1 Å². The Labute approximate surface area is 185 Å². The lowest BCUT2D eigenvalue weighted by Gasteiger charge is -2.37. The van der Waals surface area contributed by atoms with E-state index in [-0.39, 0.29) is 23.8 Å². The van der Waals surface area contributed by atoms with Crippen molar-refractivity contribution in [2.75, 3.05) is 31.5 Å². The summed E-state index contributed by atoms with van der Waals surface area (Å²) in [5.74, 6) is 0.299. The first-order chi connectivity index (χ1) is 15.1. The third-order valence-electron chi connectivity index (χ3n) is 6.16. The molecule has 0 radical (unpaired) electrons. The van der Waals surface area contributed by atoms with Gasteiger partial charge < -0.3 is 10.2 Å². The zero-order chi connectivity index (χ0) is 21.4. The molecule has 3 aromatic rings. The van der Waals surface area contributed by atoms with Crippen molar-refractivity contribution >= 4 is 39.1 Å². The van der Waals surface area contributed by atoms with Crippen molar-refractivity contribution < 1.29 is 9.59 Å². The fourth-order valence-corrected chi connectivity index (χ4v) is 5.06. The highest BCUT2D eigenvalue weighted by atomic mass is 32.1. The van der Waals surface area contributed by atoms with E-state index >= 15 is 0 Å². The van der Waals surface area contributed by atoms with Crippen LogP contribution in [-0.2, 0) is 4.79 Å². The number of piperazine rings is 1. The van der Waals surface area contributed by atoms with Crippen LogP contribution < -0.4 is 5.32 Å². The number of nitrogens with zero attached hydrogens (tertiary/aromatic N) is 3. The van der Waals surface area contributed by atoms with Gasteiger partial charge in [-0.05, 0) is 56.2 Å². The molecule has 1 saturated carbocycles. The monoisotopic (exact) mass is 434 g/mol. The van der Waals surface area contributed by atoms with Crippen LogP contribution in [0.15, 0.2) is 48.5 Å². The molecule has 2 aromatic carbocycles. The molecule has 7 heteroatoms. The Morgan fingerprint density at radius 1 is 1.03 bits per heavy atom. The average Bonchev–Trinajstić information content (AvgIpc) is 3.57. The topological polar surface area (TPSA) is 65.5 Å². The summed E-state index contributed by atoms with van der Waals surface area (Å²) in [6.45, 7) is 5.27. The third-order valence-corrected chi connectivity index (χ3v) is 7.37. The summed E-state index contributed by atoms with van der Waals surface area (Å²) in [7, 11) is 0. The van der Waals surface area contributed by atoms with Gasteiger partial charge in [-0.2, -0.15) is 0 Å². The van der Waals surface area contributed by atoms with E-state index in [9.17, 15) is 9.59 Å². The van der Waals surface area contributed by atoms with Gasteiger partial charge in [0.25, 0.3) is 5.91 Å². The molecule has 1 unspecified atom stereocenters. The number of rotatable bonds is 5. The number of hydrogen-bond donors (Lipinski definition) is 1. The van der Waals surface area contributed by atoms with Crippen molar-refractivity contribution in [3.63, 3.8) is 0 Å². The van der Waals surface area contributed by atoms with Gasteiger partial charge in [0.2, 0.25) is 5.91 Å². The highest BCUT2D eigenvalue weighted by Gasteiger charge is 2.30. The first kappa shape index (κ1) is 20.2. The summed E-state index contributed by atoms with van der Waals surface area (Å²) in [5, 5.41) is 4.05. The number of carbonyl (C=O) groups is 2. The number of carbonyl (C=O) groups excluding carboxylic acids is 2. The molecule has 1 aliphatic carbocycles. The van der Waals surface area contributed by atoms with Crippen LogP contribution in [0.5, 0.6) is 0 Å². The molecule has 1 N–H and O–H groups in total. The number of thiazole rings is 1. The van der Waals surface area contributed by atoms with E-state index in [1.54, 1.807) is 23.5 Å². The van der Waals surface area contributed by atoms with Gasteiger partial charge in [-0.25, -0.2) is 4.98 Å². The van der Waals surface area contributed by atoms with Crippen molar-refractivity contribution in [1.29, 1.82) is 0 Å². The standard InChI is InChI=1S/C24H26N4O2S/c1-16(23-26-20-4-2-3-5-21(20)31-23)27-12-14-28(15-13-27)24(30)18-8-10-19(11-9-18)25-22(29)17-6-7-17/h2-5,8-11,16-17H,6-7,12-15H2,1H3,(H,25,29). The van der Waals surface area contributed by atoms with Crippen LogP contribution in [0.1, 0.15) is 41.2 Å². The number of fused-ring (bicyclic) bond motifs is 1. The van der Waals surface area contributed by atoms with Crippen molar-refractivity contribution in [2.24, 2.45) is 5.92 Å². The van der Waals surface area contributed by atoms with E-state index in [4.69, 9.17) is 4.98 Å². The Morgan fingerprint density at radius 2 is 1.74 bits per heavy atom. The molecule has 2 fully saturated rings. The molecule has 0 bridgehead atoms. The van der Waals surface area contributed by atoms with Gasteiger partial charge in [0.1, 0.15) is 5.01 Å². The van der Waals surface area contributed by atoms with Gasteiger partial charge in [0, 0.05) is 43.3 Å². The van der Waals surface area contributed by atoms with Crippen LogP contribution in [-0.4, -0.2) is 52.8 Å². The molecule has 1 aromatic heterocycles. The second-order valence-corrected chi connectivity index (χ2v) is 9.43. The Bertz CT molecular complexity index is 1070. The van der Waals surface area contributed by atoms with E-state index in [0.29, 0.717) is 18.7 Å².